The van der Waals surface area contributed by atoms with Crippen LogP contribution in [-0.2, 0) is 4.79 Å². The van der Waals surface area contributed by atoms with Gasteiger partial charge in [0.25, 0.3) is 0 Å². The van der Waals surface area contributed by atoms with E-state index in [2.05, 4.69) is 0 Å². The third-order valence-corrected chi connectivity index (χ3v) is 3.92. The minimum Gasteiger partial charge on any atom is -0.504 e. The van der Waals surface area contributed by atoms with Gasteiger partial charge < -0.3 is 14.9 Å². The molecule has 0 aliphatic heterocycles. The van der Waals surface area contributed by atoms with Gasteiger partial charge in [0.05, 0.1) is 13.5 Å². The zero-order chi connectivity index (χ0) is 14.2. The molecule has 4 heteroatoms. The number of carboxylic acids is 1. The lowest BCUT2D eigenvalue weighted by atomic mass is 9.86. The first-order chi connectivity index (χ1) is 8.95. The molecule has 1 aromatic carbocycles. The van der Waals surface area contributed by atoms with Crippen LogP contribution in [0, 0.1) is 19.8 Å². The topological polar surface area (TPSA) is 66.8 Å². The third kappa shape index (κ3) is 2.67. The summed E-state index contributed by atoms with van der Waals surface area (Å²) in [5.74, 6) is 0.301. The van der Waals surface area contributed by atoms with Crippen molar-refractivity contribution in [1.82, 2.24) is 0 Å². The summed E-state index contributed by atoms with van der Waals surface area (Å²) in [6, 6.07) is 1.90. The lowest BCUT2D eigenvalue weighted by molar-refractivity contribution is -0.137. The molecule has 1 aromatic rings. The molecule has 0 aromatic heterocycles. The maximum Gasteiger partial charge on any atom is 0.303 e. The first-order valence-corrected chi connectivity index (χ1v) is 6.54. The van der Waals surface area contributed by atoms with Crippen LogP contribution in [0.2, 0.25) is 0 Å². The van der Waals surface area contributed by atoms with Crippen molar-refractivity contribution in [2.45, 2.75) is 39.0 Å². The molecule has 0 saturated heterocycles. The minimum absolute atomic E-state index is 0.0192. The fourth-order valence-electron chi connectivity index (χ4n) is 2.75. The Morgan fingerprint density at radius 2 is 2.11 bits per heavy atom. The fourth-order valence-corrected chi connectivity index (χ4v) is 2.75. The average Bonchev–Trinajstić information content (AvgIpc) is 3.16. The zero-order valence-electron chi connectivity index (χ0n) is 11.6. The van der Waals surface area contributed by atoms with E-state index in [0.717, 1.165) is 29.5 Å². The highest BCUT2D eigenvalue weighted by Crippen LogP contribution is 2.48. The van der Waals surface area contributed by atoms with Gasteiger partial charge in [-0.3, -0.25) is 4.79 Å². The standard InChI is InChI=1S/C15H20O4/c1-8-6-11(9(2)15(19-3)14(8)18)12(7-13(16)17)10-4-5-10/h6,10,12,18H,4-5,7H2,1-3H3,(H,16,17). The Morgan fingerprint density at radius 3 is 2.58 bits per heavy atom. The van der Waals surface area contributed by atoms with Gasteiger partial charge in [0, 0.05) is 0 Å². The fraction of sp³-hybridized carbons (Fsp3) is 0.533. The molecule has 1 saturated carbocycles. The summed E-state index contributed by atoms with van der Waals surface area (Å²) in [4.78, 5) is 11.1. The van der Waals surface area contributed by atoms with Crippen molar-refractivity contribution >= 4 is 5.97 Å². The summed E-state index contributed by atoms with van der Waals surface area (Å²) in [6.07, 6.45) is 2.30. The molecular weight excluding hydrogens is 244 g/mol. The van der Waals surface area contributed by atoms with Crippen LogP contribution < -0.4 is 4.74 Å². The summed E-state index contributed by atoms with van der Waals surface area (Å²) >= 11 is 0. The molecule has 2 rings (SSSR count). The maximum absolute atomic E-state index is 11.1. The van der Waals surface area contributed by atoms with E-state index in [1.165, 1.54) is 7.11 Å². The molecule has 19 heavy (non-hydrogen) atoms. The molecule has 1 atom stereocenters. The van der Waals surface area contributed by atoms with E-state index in [1.54, 1.807) is 0 Å². The largest absolute Gasteiger partial charge is 0.504 e. The van der Waals surface area contributed by atoms with Crippen molar-refractivity contribution in [1.29, 1.82) is 0 Å². The van der Waals surface area contributed by atoms with Gasteiger partial charge in [-0.25, -0.2) is 0 Å². The van der Waals surface area contributed by atoms with Crippen molar-refractivity contribution < 1.29 is 19.7 Å². The van der Waals surface area contributed by atoms with E-state index in [9.17, 15) is 9.90 Å². The van der Waals surface area contributed by atoms with E-state index in [-0.39, 0.29) is 18.1 Å². The molecule has 0 amide bonds. The van der Waals surface area contributed by atoms with Crippen LogP contribution in [0.25, 0.3) is 0 Å². The van der Waals surface area contributed by atoms with Crippen molar-refractivity contribution in [2.24, 2.45) is 5.92 Å². The number of carboxylic acid groups (broad SMARTS) is 1. The molecule has 1 aliphatic rings. The molecule has 1 fully saturated rings. The molecule has 0 radical (unpaired) electrons. The number of hydrogen-bond acceptors (Lipinski definition) is 3. The number of aromatic hydroxyl groups is 1. The number of hydrogen-bond donors (Lipinski definition) is 2. The van der Waals surface area contributed by atoms with Crippen LogP contribution >= 0.6 is 0 Å². The van der Waals surface area contributed by atoms with Crippen molar-refractivity contribution in [3.8, 4) is 11.5 Å². The summed E-state index contributed by atoms with van der Waals surface area (Å²) in [5.41, 5.74) is 2.58. The quantitative estimate of drug-likeness (QED) is 0.858. The van der Waals surface area contributed by atoms with Gasteiger partial charge in [0.2, 0.25) is 0 Å². The van der Waals surface area contributed by atoms with Gasteiger partial charge in [-0.05, 0) is 55.2 Å². The van der Waals surface area contributed by atoms with Gasteiger partial charge in [0.1, 0.15) is 0 Å². The summed E-state index contributed by atoms with van der Waals surface area (Å²) < 4.78 is 5.26. The molecule has 1 unspecified atom stereocenters. The number of phenolic OH excluding ortho intramolecular Hbond substituents is 1. The summed E-state index contributed by atoms with van der Waals surface area (Å²) in [6.45, 7) is 3.69. The van der Waals surface area contributed by atoms with Gasteiger partial charge >= 0.3 is 5.97 Å². The molecule has 4 nitrogen and oxygen atoms in total. The molecule has 0 bridgehead atoms. The molecular formula is C15H20O4. The smallest absolute Gasteiger partial charge is 0.303 e. The number of benzene rings is 1. The Morgan fingerprint density at radius 1 is 1.47 bits per heavy atom. The minimum atomic E-state index is -0.777. The van der Waals surface area contributed by atoms with Crippen molar-refractivity contribution in [3.05, 3.63) is 22.8 Å². The Labute approximate surface area is 113 Å². The van der Waals surface area contributed by atoms with E-state index in [1.807, 2.05) is 19.9 Å². The summed E-state index contributed by atoms with van der Waals surface area (Å²) in [7, 11) is 1.52. The van der Waals surface area contributed by atoms with E-state index < -0.39 is 5.97 Å². The predicted molar refractivity (Wildman–Crippen MR) is 71.9 cm³/mol. The number of aliphatic carboxylic acids is 1. The molecule has 1 aliphatic carbocycles. The molecule has 104 valence electrons. The Bertz CT molecular complexity index is 503. The van der Waals surface area contributed by atoms with Gasteiger partial charge in [-0.1, -0.05) is 6.07 Å². The number of aryl methyl sites for hydroxylation is 1. The Hall–Kier alpha value is -1.71. The second-order valence-electron chi connectivity index (χ2n) is 5.33. The number of methoxy groups -OCH3 is 1. The SMILES string of the molecule is COc1c(C)c(C(CC(=O)O)C2CC2)cc(C)c1O. The monoisotopic (exact) mass is 264 g/mol. The van der Waals surface area contributed by atoms with Crippen LogP contribution in [0.4, 0.5) is 0 Å². The van der Waals surface area contributed by atoms with Crippen LogP contribution in [0.1, 0.15) is 41.9 Å². The summed E-state index contributed by atoms with van der Waals surface area (Å²) in [5, 5.41) is 19.1. The van der Waals surface area contributed by atoms with Crippen molar-refractivity contribution in [3.63, 3.8) is 0 Å². The number of rotatable bonds is 5. The van der Waals surface area contributed by atoms with E-state index in [0.29, 0.717) is 11.7 Å². The van der Waals surface area contributed by atoms with Gasteiger partial charge in [-0.2, -0.15) is 0 Å². The maximum atomic E-state index is 11.1. The van der Waals surface area contributed by atoms with Gasteiger partial charge in [0.15, 0.2) is 11.5 Å². The normalized spacial score (nSPS) is 16.2. The second-order valence-corrected chi connectivity index (χ2v) is 5.33. The van der Waals surface area contributed by atoms with Crippen LogP contribution in [0.5, 0.6) is 11.5 Å². The third-order valence-electron chi connectivity index (χ3n) is 3.92. The van der Waals surface area contributed by atoms with Crippen molar-refractivity contribution in [2.75, 3.05) is 7.11 Å². The highest BCUT2D eigenvalue weighted by atomic mass is 16.5. The molecule has 2 N–H and O–H groups in total. The van der Waals surface area contributed by atoms with Crippen LogP contribution in [-0.4, -0.2) is 23.3 Å². The predicted octanol–water partition coefficient (Wildman–Crippen LogP) is 2.99. The molecule has 0 heterocycles. The lowest BCUT2D eigenvalue weighted by Crippen LogP contribution is -2.11. The second kappa shape index (κ2) is 5.11. The van der Waals surface area contributed by atoms with Gasteiger partial charge in [-0.15, -0.1) is 0 Å². The molecule has 0 spiro atoms. The first-order valence-electron chi connectivity index (χ1n) is 6.54. The first kappa shape index (κ1) is 13.7. The zero-order valence-corrected chi connectivity index (χ0v) is 11.6. The van der Waals surface area contributed by atoms with Crippen LogP contribution in [0.15, 0.2) is 6.07 Å². The average molecular weight is 264 g/mol. The van der Waals surface area contributed by atoms with E-state index in [4.69, 9.17) is 9.84 Å². The number of carbonyl (C=O) groups is 1. The Balaban J connectivity index is 2.47. The number of ether oxygens (including phenoxy) is 1. The number of phenols is 1. The Kier molecular flexibility index (Phi) is 3.69. The highest BCUT2D eigenvalue weighted by molar-refractivity contribution is 5.69. The van der Waals surface area contributed by atoms with Crippen LogP contribution in [0.3, 0.4) is 0 Å². The van der Waals surface area contributed by atoms with E-state index >= 15 is 0 Å². The highest BCUT2D eigenvalue weighted by Gasteiger charge is 2.35. The lowest BCUT2D eigenvalue weighted by Gasteiger charge is -2.21.